The summed E-state index contributed by atoms with van der Waals surface area (Å²) < 4.78 is 21.1. The molecule has 10 nitrogen and oxygen atoms in total. The van der Waals surface area contributed by atoms with Crippen LogP contribution in [-0.2, 0) is 25.6 Å². The number of hydrogen-bond donors (Lipinski definition) is 2. The van der Waals surface area contributed by atoms with Crippen molar-refractivity contribution in [2.45, 2.75) is 41.0 Å². The van der Waals surface area contributed by atoms with Crippen LogP contribution < -0.4 is 18.9 Å². The van der Waals surface area contributed by atoms with Crippen LogP contribution in [0.15, 0.2) is 54.6 Å². The maximum Gasteiger partial charge on any atom is 0.338 e. The molecule has 2 aromatic rings. The largest absolute Gasteiger partial charge is 0.508 e. The van der Waals surface area contributed by atoms with Crippen molar-refractivity contribution < 1.29 is 48.3 Å². The smallest absolute Gasteiger partial charge is 0.338 e. The molecule has 10 heteroatoms. The van der Waals surface area contributed by atoms with E-state index in [9.17, 15) is 29.4 Å². The topological polar surface area (TPSA) is 146 Å². The molecular formula is C28H30O10. The van der Waals surface area contributed by atoms with Gasteiger partial charge in [0.2, 0.25) is 0 Å². The second-order valence-corrected chi connectivity index (χ2v) is 9.00. The van der Waals surface area contributed by atoms with E-state index >= 15 is 0 Å². The molecule has 0 amide bonds. The maximum absolute atomic E-state index is 12.9. The third-order valence-corrected chi connectivity index (χ3v) is 4.99. The lowest BCUT2D eigenvalue weighted by Crippen LogP contribution is -2.21. The Labute approximate surface area is 220 Å². The first-order valence-electron chi connectivity index (χ1n) is 11.6. The van der Waals surface area contributed by atoms with Gasteiger partial charge in [-0.1, -0.05) is 33.9 Å². The monoisotopic (exact) mass is 526 g/mol. The van der Waals surface area contributed by atoms with E-state index in [-0.39, 0.29) is 51.9 Å². The van der Waals surface area contributed by atoms with Crippen molar-refractivity contribution in [1.82, 2.24) is 0 Å². The van der Waals surface area contributed by atoms with Crippen molar-refractivity contribution in [3.8, 4) is 34.5 Å². The van der Waals surface area contributed by atoms with Crippen molar-refractivity contribution >= 4 is 23.9 Å². The highest BCUT2D eigenvalue weighted by molar-refractivity contribution is 5.90. The third kappa shape index (κ3) is 7.95. The van der Waals surface area contributed by atoms with Gasteiger partial charge in [0.25, 0.3) is 0 Å². The van der Waals surface area contributed by atoms with E-state index in [4.69, 9.17) is 18.9 Å². The lowest BCUT2D eigenvalue weighted by atomic mass is 9.99. The van der Waals surface area contributed by atoms with E-state index in [2.05, 4.69) is 13.2 Å². The first kappa shape index (κ1) is 29.6. The van der Waals surface area contributed by atoms with Gasteiger partial charge in [0.15, 0.2) is 23.0 Å². The molecule has 1 unspecified atom stereocenters. The van der Waals surface area contributed by atoms with Crippen LogP contribution in [0.4, 0.5) is 0 Å². The Bertz CT molecular complexity index is 1290. The van der Waals surface area contributed by atoms with Crippen molar-refractivity contribution in [3.05, 3.63) is 60.2 Å². The molecule has 1 atom stereocenters. The molecule has 0 aliphatic rings. The molecular weight excluding hydrogens is 496 g/mol. The Balaban J connectivity index is 2.34. The highest BCUT2D eigenvalue weighted by atomic mass is 16.6. The molecule has 2 rings (SSSR count). The summed E-state index contributed by atoms with van der Waals surface area (Å²) in [6.07, 6.45) is -0.0801. The molecule has 202 valence electrons. The van der Waals surface area contributed by atoms with Crippen LogP contribution in [0, 0.1) is 11.8 Å². The zero-order chi connectivity index (χ0) is 28.7. The van der Waals surface area contributed by atoms with Gasteiger partial charge in [-0.3, -0.25) is 9.59 Å². The van der Waals surface area contributed by atoms with E-state index in [0.717, 1.165) is 6.07 Å². The van der Waals surface area contributed by atoms with Crippen molar-refractivity contribution in [2.24, 2.45) is 11.8 Å². The number of rotatable bonds is 10. The van der Waals surface area contributed by atoms with Crippen LogP contribution in [0.25, 0.3) is 0 Å². The SMILES string of the molecule is C=C(C)C(=O)Oc1cc(OC(=O)C(C)C)c(O)cc1CC(C)C(=O)Oc1cc(O)ccc1OC(=O)C(=C)C. The number of hydrogen-bond acceptors (Lipinski definition) is 10. The third-order valence-electron chi connectivity index (χ3n) is 4.99. The first-order chi connectivity index (χ1) is 17.7. The van der Waals surface area contributed by atoms with Gasteiger partial charge in [0.1, 0.15) is 11.5 Å². The van der Waals surface area contributed by atoms with E-state index in [1.807, 2.05) is 0 Å². The summed E-state index contributed by atoms with van der Waals surface area (Å²) >= 11 is 0. The molecule has 0 aliphatic heterocycles. The number of aromatic hydroxyl groups is 2. The number of carbonyl (C=O) groups excluding carboxylic acids is 4. The zero-order valence-electron chi connectivity index (χ0n) is 21.8. The number of phenols is 2. The predicted octanol–water partition coefficient (Wildman–Crippen LogP) is 4.41. The lowest BCUT2D eigenvalue weighted by molar-refractivity contribution is -0.139. The summed E-state index contributed by atoms with van der Waals surface area (Å²) in [5, 5.41) is 20.3. The second-order valence-electron chi connectivity index (χ2n) is 9.00. The summed E-state index contributed by atoms with van der Waals surface area (Å²) in [7, 11) is 0. The molecule has 0 aromatic heterocycles. The van der Waals surface area contributed by atoms with Gasteiger partial charge in [0.05, 0.1) is 11.8 Å². The highest BCUT2D eigenvalue weighted by Gasteiger charge is 2.24. The Morgan fingerprint density at radius 2 is 1.29 bits per heavy atom. The molecule has 0 radical (unpaired) electrons. The minimum Gasteiger partial charge on any atom is -0.508 e. The molecule has 0 saturated heterocycles. The molecule has 0 heterocycles. The van der Waals surface area contributed by atoms with Gasteiger partial charge < -0.3 is 29.2 Å². The fourth-order valence-corrected chi connectivity index (χ4v) is 2.81. The Hall–Kier alpha value is -4.60. The average molecular weight is 527 g/mol. The van der Waals surface area contributed by atoms with Crippen LogP contribution in [0.2, 0.25) is 0 Å². The summed E-state index contributed by atoms with van der Waals surface area (Å²) in [4.78, 5) is 49.0. The Morgan fingerprint density at radius 3 is 1.84 bits per heavy atom. The minimum atomic E-state index is -0.882. The van der Waals surface area contributed by atoms with Crippen LogP contribution in [0.3, 0.4) is 0 Å². The standard InChI is InChI=1S/C28H30O10/c1-14(2)25(31)35-21-9-8-19(29)12-24(21)38-28(34)17(7)10-18-11-20(30)23(37-27(33)16(5)6)13-22(18)36-26(32)15(3)4/h8-9,11-13,16-17,29-30H,1,3,10H2,2,4-7H3. The summed E-state index contributed by atoms with van der Waals surface area (Å²) in [5.41, 5.74) is 0.441. The van der Waals surface area contributed by atoms with Gasteiger partial charge in [-0.2, -0.15) is 0 Å². The van der Waals surface area contributed by atoms with E-state index < -0.39 is 41.5 Å². The molecule has 0 bridgehead atoms. The molecule has 0 spiro atoms. The van der Waals surface area contributed by atoms with E-state index in [1.165, 1.54) is 45.0 Å². The van der Waals surface area contributed by atoms with Gasteiger partial charge in [-0.05, 0) is 44.0 Å². The average Bonchev–Trinajstić information content (AvgIpc) is 2.82. The quantitative estimate of drug-likeness (QED) is 0.259. The normalized spacial score (nSPS) is 11.3. The summed E-state index contributed by atoms with van der Waals surface area (Å²) in [6.45, 7) is 14.6. The highest BCUT2D eigenvalue weighted by Crippen LogP contribution is 2.37. The van der Waals surface area contributed by atoms with Gasteiger partial charge in [-0.25, -0.2) is 9.59 Å². The lowest BCUT2D eigenvalue weighted by Gasteiger charge is -2.17. The van der Waals surface area contributed by atoms with Gasteiger partial charge in [0, 0.05) is 23.3 Å². The first-order valence-corrected chi connectivity index (χ1v) is 11.6. The second kappa shape index (κ2) is 12.6. The van der Waals surface area contributed by atoms with E-state index in [0.29, 0.717) is 0 Å². The van der Waals surface area contributed by atoms with Gasteiger partial charge in [-0.15, -0.1) is 0 Å². The number of phenolic OH excluding ortho intramolecular Hbond substituents is 2. The van der Waals surface area contributed by atoms with Crippen LogP contribution in [0.1, 0.15) is 40.2 Å². The summed E-state index contributed by atoms with van der Waals surface area (Å²) in [5.74, 6) is -5.53. The van der Waals surface area contributed by atoms with Gasteiger partial charge >= 0.3 is 23.9 Å². The fourth-order valence-electron chi connectivity index (χ4n) is 2.81. The molecule has 38 heavy (non-hydrogen) atoms. The maximum atomic E-state index is 12.9. The molecule has 0 aliphatic carbocycles. The minimum absolute atomic E-state index is 0.0598. The van der Waals surface area contributed by atoms with Crippen LogP contribution in [-0.4, -0.2) is 34.1 Å². The molecule has 2 N–H and O–H groups in total. The van der Waals surface area contributed by atoms with E-state index in [1.54, 1.807) is 13.8 Å². The molecule has 0 saturated carbocycles. The number of ether oxygens (including phenoxy) is 4. The van der Waals surface area contributed by atoms with Crippen molar-refractivity contribution in [3.63, 3.8) is 0 Å². The Kier molecular flexibility index (Phi) is 9.81. The summed E-state index contributed by atoms with van der Waals surface area (Å²) in [6, 6.07) is 6.00. The number of carbonyl (C=O) groups is 4. The molecule has 0 fully saturated rings. The Morgan fingerprint density at radius 1 is 0.737 bits per heavy atom. The van der Waals surface area contributed by atoms with Crippen LogP contribution >= 0.6 is 0 Å². The fraction of sp³-hybridized carbons (Fsp3) is 0.286. The molecule has 2 aromatic carbocycles. The predicted molar refractivity (Wildman–Crippen MR) is 136 cm³/mol. The van der Waals surface area contributed by atoms with Crippen molar-refractivity contribution in [1.29, 1.82) is 0 Å². The number of benzene rings is 2. The zero-order valence-corrected chi connectivity index (χ0v) is 21.8. The van der Waals surface area contributed by atoms with Crippen molar-refractivity contribution in [2.75, 3.05) is 0 Å². The number of esters is 4. The van der Waals surface area contributed by atoms with Crippen LogP contribution in [0.5, 0.6) is 34.5 Å².